The second-order valence-corrected chi connectivity index (χ2v) is 6.24. The highest BCUT2D eigenvalue weighted by Gasteiger charge is 2.10. The molecule has 0 aliphatic heterocycles. The van der Waals surface area contributed by atoms with Crippen LogP contribution in [0.5, 0.6) is 11.5 Å². The molecule has 1 amide bonds. The first-order valence-corrected chi connectivity index (χ1v) is 8.58. The van der Waals surface area contributed by atoms with Gasteiger partial charge in [-0.1, -0.05) is 18.2 Å². The smallest absolute Gasteiger partial charge is 0.248 e. The summed E-state index contributed by atoms with van der Waals surface area (Å²) in [6.07, 6.45) is -0.619. The van der Waals surface area contributed by atoms with Crippen LogP contribution >= 0.6 is 0 Å². The molecule has 140 valence electrons. The molecule has 2 rings (SSSR count). The number of nitrogens with one attached hydrogen (secondary N) is 1. The van der Waals surface area contributed by atoms with Crippen LogP contribution in [0, 0.1) is 6.92 Å². The molecule has 6 heteroatoms. The molecule has 2 aromatic rings. The van der Waals surface area contributed by atoms with Crippen molar-refractivity contribution in [2.24, 2.45) is 5.73 Å². The van der Waals surface area contributed by atoms with Crippen molar-refractivity contribution in [1.29, 1.82) is 0 Å². The number of hydrogen-bond donors (Lipinski definition) is 3. The Morgan fingerprint density at radius 2 is 1.81 bits per heavy atom. The molecule has 0 bridgehead atoms. The number of amides is 1. The van der Waals surface area contributed by atoms with Gasteiger partial charge in [-0.05, 0) is 49.7 Å². The van der Waals surface area contributed by atoms with Crippen molar-refractivity contribution >= 4 is 5.91 Å². The lowest BCUT2D eigenvalue weighted by atomic mass is 10.2. The number of aryl methyl sites for hydroxylation is 1. The molecule has 0 spiro atoms. The van der Waals surface area contributed by atoms with Crippen LogP contribution in [0.15, 0.2) is 48.5 Å². The van der Waals surface area contributed by atoms with Gasteiger partial charge in [-0.2, -0.15) is 0 Å². The van der Waals surface area contributed by atoms with Gasteiger partial charge >= 0.3 is 0 Å². The first-order chi connectivity index (χ1) is 12.5. The van der Waals surface area contributed by atoms with Gasteiger partial charge in [0, 0.05) is 18.2 Å². The third kappa shape index (κ3) is 6.38. The Bertz CT molecular complexity index is 703. The minimum atomic E-state index is -0.619. The molecule has 0 saturated heterocycles. The molecule has 4 N–H and O–H groups in total. The molecule has 0 radical (unpaired) electrons. The molecule has 0 aliphatic rings. The number of benzene rings is 2. The van der Waals surface area contributed by atoms with E-state index in [0.717, 1.165) is 11.3 Å². The van der Waals surface area contributed by atoms with Crippen molar-refractivity contribution in [3.05, 3.63) is 59.7 Å². The summed E-state index contributed by atoms with van der Waals surface area (Å²) in [5, 5.41) is 13.2. The van der Waals surface area contributed by atoms with Crippen molar-refractivity contribution in [1.82, 2.24) is 5.32 Å². The van der Waals surface area contributed by atoms with Crippen LogP contribution in [-0.2, 0) is 0 Å². The van der Waals surface area contributed by atoms with Crippen LogP contribution < -0.4 is 20.5 Å². The lowest BCUT2D eigenvalue weighted by Crippen LogP contribution is -2.39. The lowest BCUT2D eigenvalue weighted by molar-refractivity contribution is 0.1000. The average Bonchev–Trinajstić information content (AvgIpc) is 2.64. The Morgan fingerprint density at radius 1 is 1.12 bits per heavy atom. The van der Waals surface area contributed by atoms with Gasteiger partial charge in [-0.3, -0.25) is 4.79 Å². The number of nitrogens with two attached hydrogens (primary N) is 1. The van der Waals surface area contributed by atoms with Crippen molar-refractivity contribution in [2.45, 2.75) is 26.0 Å². The lowest BCUT2D eigenvalue weighted by Gasteiger charge is -2.18. The maximum atomic E-state index is 11.0. The molecule has 2 aromatic carbocycles. The largest absolute Gasteiger partial charge is 0.492 e. The maximum Gasteiger partial charge on any atom is 0.248 e. The Labute approximate surface area is 153 Å². The van der Waals surface area contributed by atoms with E-state index in [-0.39, 0.29) is 12.6 Å². The Kier molecular flexibility index (Phi) is 7.44. The van der Waals surface area contributed by atoms with E-state index in [1.807, 2.05) is 38.1 Å². The van der Waals surface area contributed by atoms with Gasteiger partial charge in [0.25, 0.3) is 0 Å². The first kappa shape index (κ1) is 19.8. The SMILES string of the molecule is Cc1ccccc1OC[C@@H](O)CN[C@@H](C)COc1ccc(C(N)=O)cc1. The zero-order valence-corrected chi connectivity index (χ0v) is 15.1. The highest BCUT2D eigenvalue weighted by atomic mass is 16.5. The number of rotatable bonds is 10. The number of carbonyl (C=O) groups is 1. The van der Waals surface area contributed by atoms with E-state index in [1.165, 1.54) is 0 Å². The molecule has 26 heavy (non-hydrogen) atoms. The fourth-order valence-corrected chi connectivity index (χ4v) is 2.30. The molecular weight excluding hydrogens is 332 g/mol. The van der Waals surface area contributed by atoms with E-state index >= 15 is 0 Å². The van der Waals surface area contributed by atoms with Gasteiger partial charge in [-0.25, -0.2) is 0 Å². The van der Waals surface area contributed by atoms with Gasteiger partial charge in [0.1, 0.15) is 30.8 Å². The second kappa shape index (κ2) is 9.79. The molecule has 0 aliphatic carbocycles. The molecule has 0 saturated carbocycles. The summed E-state index contributed by atoms with van der Waals surface area (Å²) in [5.74, 6) is 0.975. The van der Waals surface area contributed by atoms with Crippen LogP contribution in [0.3, 0.4) is 0 Å². The Hall–Kier alpha value is -2.57. The van der Waals surface area contributed by atoms with Crippen LogP contribution in [0.25, 0.3) is 0 Å². The van der Waals surface area contributed by atoms with Gasteiger partial charge < -0.3 is 25.6 Å². The van der Waals surface area contributed by atoms with E-state index < -0.39 is 12.0 Å². The predicted octanol–water partition coefficient (Wildman–Crippen LogP) is 1.89. The zero-order valence-electron chi connectivity index (χ0n) is 15.1. The summed E-state index contributed by atoms with van der Waals surface area (Å²) in [5.41, 5.74) is 6.68. The maximum absolute atomic E-state index is 11.0. The number of hydrogen-bond acceptors (Lipinski definition) is 5. The highest BCUT2D eigenvalue weighted by molar-refractivity contribution is 5.92. The van der Waals surface area contributed by atoms with Gasteiger partial charge in [-0.15, -0.1) is 0 Å². The minimum Gasteiger partial charge on any atom is -0.492 e. The normalized spacial score (nSPS) is 13.0. The summed E-state index contributed by atoms with van der Waals surface area (Å²) in [7, 11) is 0. The van der Waals surface area contributed by atoms with Crippen molar-refractivity contribution in [3.63, 3.8) is 0 Å². The Balaban J connectivity index is 1.66. The molecule has 2 atom stereocenters. The number of ether oxygens (including phenoxy) is 2. The van der Waals surface area contributed by atoms with Crippen LogP contribution in [0.4, 0.5) is 0 Å². The van der Waals surface area contributed by atoms with Crippen molar-refractivity contribution < 1.29 is 19.4 Å². The summed E-state index contributed by atoms with van der Waals surface area (Å²) in [6.45, 7) is 4.99. The van der Waals surface area contributed by atoms with E-state index in [1.54, 1.807) is 24.3 Å². The monoisotopic (exact) mass is 358 g/mol. The number of aliphatic hydroxyl groups excluding tert-OH is 1. The predicted molar refractivity (Wildman–Crippen MR) is 101 cm³/mol. The topological polar surface area (TPSA) is 93.8 Å². The molecule has 0 heterocycles. The number of carbonyl (C=O) groups excluding carboxylic acids is 1. The Morgan fingerprint density at radius 3 is 2.46 bits per heavy atom. The minimum absolute atomic E-state index is 0.0407. The molecular formula is C20H26N2O4. The summed E-state index contributed by atoms with van der Waals surface area (Å²) in [6, 6.07) is 14.4. The van der Waals surface area contributed by atoms with Gasteiger partial charge in [0.15, 0.2) is 0 Å². The van der Waals surface area contributed by atoms with Gasteiger partial charge in [0.2, 0.25) is 5.91 Å². The number of aliphatic hydroxyl groups is 1. The zero-order chi connectivity index (χ0) is 18.9. The van der Waals surface area contributed by atoms with E-state index in [4.69, 9.17) is 15.2 Å². The quantitative estimate of drug-likeness (QED) is 0.603. The van der Waals surface area contributed by atoms with Crippen LogP contribution in [-0.4, -0.2) is 42.9 Å². The summed E-state index contributed by atoms with van der Waals surface area (Å²) in [4.78, 5) is 11.0. The van der Waals surface area contributed by atoms with Crippen LogP contribution in [0.1, 0.15) is 22.8 Å². The second-order valence-electron chi connectivity index (χ2n) is 6.24. The van der Waals surface area contributed by atoms with Gasteiger partial charge in [0.05, 0.1) is 0 Å². The number of primary amides is 1. The number of para-hydroxylation sites is 1. The van der Waals surface area contributed by atoms with E-state index in [0.29, 0.717) is 24.5 Å². The van der Waals surface area contributed by atoms with E-state index in [9.17, 15) is 9.90 Å². The van der Waals surface area contributed by atoms with E-state index in [2.05, 4.69) is 5.32 Å². The molecule has 0 unspecified atom stereocenters. The van der Waals surface area contributed by atoms with Crippen molar-refractivity contribution in [3.8, 4) is 11.5 Å². The fourth-order valence-electron chi connectivity index (χ4n) is 2.30. The third-order valence-electron chi connectivity index (χ3n) is 3.87. The summed E-state index contributed by atoms with van der Waals surface area (Å²) >= 11 is 0. The first-order valence-electron chi connectivity index (χ1n) is 8.58. The molecule has 6 nitrogen and oxygen atoms in total. The standard InChI is InChI=1S/C20H26N2O4/c1-14-5-3-4-6-19(14)26-13-17(23)11-22-15(2)12-25-18-9-7-16(8-10-18)20(21)24/h3-10,15,17,22-23H,11-13H2,1-2H3,(H2,21,24)/t15-,17-/m0/s1. The molecule has 0 aromatic heterocycles. The van der Waals surface area contributed by atoms with Crippen molar-refractivity contribution in [2.75, 3.05) is 19.8 Å². The van der Waals surface area contributed by atoms with Crippen LogP contribution in [0.2, 0.25) is 0 Å². The fraction of sp³-hybridized carbons (Fsp3) is 0.350. The summed E-state index contributed by atoms with van der Waals surface area (Å²) < 4.78 is 11.3. The highest BCUT2D eigenvalue weighted by Crippen LogP contribution is 2.16. The third-order valence-corrected chi connectivity index (χ3v) is 3.87. The molecule has 0 fully saturated rings. The average molecular weight is 358 g/mol.